The van der Waals surface area contributed by atoms with Gasteiger partial charge in [0.05, 0.1) is 11.8 Å². The smallest absolute Gasteiger partial charge is 0.307 e. The lowest BCUT2D eigenvalue weighted by molar-refractivity contribution is -0.150. The van der Waals surface area contributed by atoms with E-state index in [2.05, 4.69) is 10.6 Å². The molecule has 1 rings (SSSR count). The minimum Gasteiger partial charge on any atom is -0.481 e. The van der Waals surface area contributed by atoms with Crippen molar-refractivity contribution in [1.29, 1.82) is 0 Å². The monoisotopic (exact) mass is 386 g/mol. The third-order valence-electron chi connectivity index (χ3n) is 4.91. The maximum absolute atomic E-state index is 13.1. The lowest BCUT2D eigenvalue weighted by atomic mass is 9.76. The summed E-state index contributed by atoms with van der Waals surface area (Å²) in [5.74, 6) is -0.947. The van der Waals surface area contributed by atoms with Crippen molar-refractivity contribution in [3.63, 3.8) is 0 Å². The second-order valence-corrected chi connectivity index (χ2v) is 9.80. The van der Waals surface area contributed by atoms with Gasteiger partial charge in [-0.2, -0.15) is 11.8 Å². The van der Waals surface area contributed by atoms with Crippen LogP contribution in [-0.2, 0) is 14.4 Å². The lowest BCUT2D eigenvalue weighted by Gasteiger charge is -2.34. The Morgan fingerprint density at radius 1 is 1.19 bits per heavy atom. The molecule has 1 aliphatic heterocycles. The normalized spacial score (nSPS) is 21.1. The largest absolute Gasteiger partial charge is 0.481 e. The Kier molecular flexibility index (Phi) is 8.44. The number of hydrogen-bond donors (Lipinski definition) is 3. The van der Waals surface area contributed by atoms with Crippen LogP contribution in [0.3, 0.4) is 0 Å². The SMILES string of the molecule is CNC(=O)[C@@H](NC(=O)C(CC(C)C)[C@@H](C(=O)O)C1CCSC1)C(C)(C)C. The van der Waals surface area contributed by atoms with Crippen LogP contribution >= 0.6 is 11.8 Å². The van der Waals surface area contributed by atoms with Crippen LogP contribution in [0.4, 0.5) is 0 Å². The van der Waals surface area contributed by atoms with Gasteiger partial charge in [0.1, 0.15) is 6.04 Å². The Morgan fingerprint density at radius 3 is 2.19 bits per heavy atom. The van der Waals surface area contributed by atoms with E-state index in [4.69, 9.17) is 0 Å². The summed E-state index contributed by atoms with van der Waals surface area (Å²) >= 11 is 1.74. The Hall–Kier alpha value is -1.24. The van der Waals surface area contributed by atoms with E-state index >= 15 is 0 Å². The molecule has 6 nitrogen and oxygen atoms in total. The maximum Gasteiger partial charge on any atom is 0.307 e. The van der Waals surface area contributed by atoms with Gasteiger partial charge in [0.25, 0.3) is 0 Å². The molecular weight excluding hydrogens is 352 g/mol. The number of nitrogens with one attached hydrogen (secondary N) is 2. The number of carboxylic acids is 1. The van der Waals surface area contributed by atoms with Crippen LogP contribution < -0.4 is 10.6 Å². The molecule has 0 aromatic heterocycles. The first-order valence-corrected chi connectivity index (χ1v) is 10.5. The standard InChI is InChI=1S/C19H34N2O4S/c1-11(2)9-13(14(18(24)25)12-7-8-26-10-12)16(22)21-15(17(23)20-6)19(3,4)5/h11-15H,7-10H2,1-6H3,(H,20,23)(H,21,22)(H,24,25)/t12?,13?,14-,15+/m0/s1. The molecule has 4 atom stereocenters. The molecule has 0 saturated carbocycles. The zero-order valence-corrected chi connectivity index (χ0v) is 17.6. The molecule has 0 spiro atoms. The summed E-state index contributed by atoms with van der Waals surface area (Å²) in [5, 5.41) is 15.3. The van der Waals surface area contributed by atoms with Gasteiger partial charge < -0.3 is 15.7 Å². The van der Waals surface area contributed by atoms with Crippen LogP contribution in [0.2, 0.25) is 0 Å². The predicted octanol–water partition coefficient (Wildman–Crippen LogP) is 2.38. The molecule has 0 aromatic rings. The number of carbonyl (C=O) groups excluding carboxylic acids is 2. The number of carbonyl (C=O) groups is 3. The fourth-order valence-electron chi connectivity index (χ4n) is 3.53. The first kappa shape index (κ1) is 22.8. The minimum atomic E-state index is -0.912. The molecule has 1 fully saturated rings. The van der Waals surface area contributed by atoms with Gasteiger partial charge in [0.15, 0.2) is 0 Å². The first-order chi connectivity index (χ1) is 12.0. The predicted molar refractivity (Wildman–Crippen MR) is 105 cm³/mol. The molecule has 2 unspecified atom stereocenters. The van der Waals surface area contributed by atoms with Crippen LogP contribution in [0.5, 0.6) is 0 Å². The van der Waals surface area contributed by atoms with Gasteiger partial charge in [-0.15, -0.1) is 0 Å². The number of carboxylic acid groups (broad SMARTS) is 1. The molecule has 150 valence electrons. The summed E-state index contributed by atoms with van der Waals surface area (Å²) in [6, 6.07) is -0.706. The van der Waals surface area contributed by atoms with E-state index in [0.29, 0.717) is 6.42 Å². The molecule has 1 aliphatic rings. The third kappa shape index (κ3) is 6.18. The zero-order valence-electron chi connectivity index (χ0n) is 16.8. The van der Waals surface area contributed by atoms with Gasteiger partial charge in [0.2, 0.25) is 11.8 Å². The van der Waals surface area contributed by atoms with Crippen molar-refractivity contribution in [2.75, 3.05) is 18.6 Å². The minimum absolute atomic E-state index is 0.0000819. The van der Waals surface area contributed by atoms with Crippen LogP contribution in [0, 0.1) is 29.1 Å². The molecule has 0 aromatic carbocycles. The molecular formula is C19H34N2O4S. The van der Waals surface area contributed by atoms with E-state index in [9.17, 15) is 19.5 Å². The van der Waals surface area contributed by atoms with Gasteiger partial charge in [-0.05, 0) is 41.6 Å². The number of likely N-dealkylation sites (N-methyl/N-ethyl adjacent to an activating group) is 1. The van der Waals surface area contributed by atoms with Crippen molar-refractivity contribution in [3.05, 3.63) is 0 Å². The molecule has 2 amide bonds. The zero-order chi connectivity index (χ0) is 20.1. The van der Waals surface area contributed by atoms with Crippen LogP contribution in [0.15, 0.2) is 0 Å². The fourth-order valence-corrected chi connectivity index (χ4v) is 4.84. The van der Waals surface area contributed by atoms with Crippen molar-refractivity contribution in [3.8, 4) is 0 Å². The van der Waals surface area contributed by atoms with Gasteiger partial charge >= 0.3 is 5.97 Å². The van der Waals surface area contributed by atoms with Crippen molar-refractivity contribution < 1.29 is 19.5 Å². The summed E-state index contributed by atoms with van der Waals surface area (Å²) in [5.41, 5.74) is -0.472. The topological polar surface area (TPSA) is 95.5 Å². The molecule has 3 N–H and O–H groups in total. The van der Waals surface area contributed by atoms with Crippen molar-refractivity contribution in [2.24, 2.45) is 29.1 Å². The van der Waals surface area contributed by atoms with Crippen molar-refractivity contribution >= 4 is 29.5 Å². The quantitative estimate of drug-likeness (QED) is 0.595. The molecule has 0 bridgehead atoms. The van der Waals surface area contributed by atoms with Crippen LogP contribution in [-0.4, -0.2) is 47.5 Å². The number of amides is 2. The summed E-state index contributed by atoms with van der Waals surface area (Å²) < 4.78 is 0. The van der Waals surface area contributed by atoms with Crippen molar-refractivity contribution in [1.82, 2.24) is 10.6 Å². The van der Waals surface area contributed by atoms with E-state index in [1.54, 1.807) is 11.8 Å². The van der Waals surface area contributed by atoms with Gasteiger partial charge in [-0.1, -0.05) is 34.6 Å². The molecule has 1 heterocycles. The molecule has 7 heteroatoms. The van der Waals surface area contributed by atoms with E-state index in [-0.39, 0.29) is 23.7 Å². The summed E-state index contributed by atoms with van der Waals surface area (Å²) in [7, 11) is 1.54. The van der Waals surface area contributed by atoms with E-state index < -0.39 is 29.3 Å². The summed E-state index contributed by atoms with van der Waals surface area (Å²) in [4.78, 5) is 37.4. The number of aliphatic carboxylic acids is 1. The fraction of sp³-hybridized carbons (Fsp3) is 0.842. The third-order valence-corrected chi connectivity index (χ3v) is 6.10. The summed E-state index contributed by atoms with van der Waals surface area (Å²) in [6.45, 7) is 9.62. The van der Waals surface area contributed by atoms with Crippen molar-refractivity contribution in [2.45, 2.75) is 53.5 Å². The van der Waals surface area contributed by atoms with Gasteiger partial charge in [-0.25, -0.2) is 0 Å². The highest BCUT2D eigenvalue weighted by Crippen LogP contribution is 2.37. The highest BCUT2D eigenvalue weighted by Gasteiger charge is 2.43. The maximum atomic E-state index is 13.1. The average molecular weight is 387 g/mol. The highest BCUT2D eigenvalue weighted by molar-refractivity contribution is 7.99. The molecule has 0 aliphatic carbocycles. The number of thioether (sulfide) groups is 1. The van der Waals surface area contributed by atoms with E-state index in [0.717, 1.165) is 17.9 Å². The van der Waals surface area contributed by atoms with E-state index in [1.807, 2.05) is 34.6 Å². The Morgan fingerprint density at radius 2 is 1.81 bits per heavy atom. The second-order valence-electron chi connectivity index (χ2n) is 8.65. The summed E-state index contributed by atoms with van der Waals surface area (Å²) in [6.07, 6.45) is 1.32. The highest BCUT2D eigenvalue weighted by atomic mass is 32.2. The van der Waals surface area contributed by atoms with Gasteiger partial charge in [0, 0.05) is 7.05 Å². The molecule has 26 heavy (non-hydrogen) atoms. The van der Waals surface area contributed by atoms with Crippen LogP contribution in [0.1, 0.15) is 47.5 Å². The second kappa shape index (κ2) is 9.62. The van der Waals surface area contributed by atoms with E-state index in [1.165, 1.54) is 7.05 Å². The Bertz CT molecular complexity index is 510. The first-order valence-electron chi connectivity index (χ1n) is 9.31. The van der Waals surface area contributed by atoms with Gasteiger partial charge in [-0.3, -0.25) is 14.4 Å². The molecule has 1 saturated heterocycles. The Balaban J connectivity index is 3.10. The lowest BCUT2D eigenvalue weighted by Crippen LogP contribution is -2.55. The molecule has 0 radical (unpaired) electrons. The number of hydrogen-bond acceptors (Lipinski definition) is 4. The Labute approximate surface area is 161 Å². The average Bonchev–Trinajstić information content (AvgIpc) is 3.03. The number of rotatable bonds is 8. The van der Waals surface area contributed by atoms with Crippen LogP contribution in [0.25, 0.3) is 0 Å².